The second-order valence-electron chi connectivity index (χ2n) is 1.60. The van der Waals surface area contributed by atoms with E-state index in [1.54, 1.807) is 12.4 Å². The van der Waals surface area contributed by atoms with Crippen molar-refractivity contribution in [1.29, 1.82) is 0 Å². The number of allylic oxidation sites excluding steroid dienone is 1. The highest BCUT2D eigenvalue weighted by Gasteiger charge is 2.00. The molecular weight excluding hydrogens is 150 g/mol. The van der Waals surface area contributed by atoms with E-state index in [1.165, 1.54) is 12.2 Å². The molecule has 0 bridgehead atoms. The van der Waals surface area contributed by atoms with Crippen LogP contribution in [0.25, 0.3) is 0 Å². The Kier molecular flexibility index (Phi) is 4.76. The first-order chi connectivity index (χ1) is 5.20. The van der Waals surface area contributed by atoms with Crippen LogP contribution in [-0.4, -0.2) is 23.6 Å². The number of hydroxylamine groups is 1. The van der Waals surface area contributed by atoms with Gasteiger partial charge >= 0.3 is 5.97 Å². The first-order valence-electron chi connectivity index (χ1n) is 2.94. The van der Waals surface area contributed by atoms with Crippen molar-refractivity contribution >= 4 is 11.9 Å². The zero-order chi connectivity index (χ0) is 8.69. The molecule has 5 heteroatoms. The molecule has 1 amide bonds. The van der Waals surface area contributed by atoms with E-state index in [-0.39, 0.29) is 0 Å². The van der Waals surface area contributed by atoms with Gasteiger partial charge < -0.3 is 9.94 Å². The van der Waals surface area contributed by atoms with Gasteiger partial charge in [-0.15, -0.1) is 0 Å². The average molecular weight is 159 g/mol. The monoisotopic (exact) mass is 159 g/mol. The number of rotatable bonds is 2. The molecule has 62 valence electrons. The third-order valence-corrected chi connectivity index (χ3v) is 0.713. The lowest BCUT2D eigenvalue weighted by atomic mass is 10.5. The predicted molar refractivity (Wildman–Crippen MR) is 36.1 cm³/mol. The summed E-state index contributed by atoms with van der Waals surface area (Å²) >= 11 is 0. The fraction of sp³-hybridized carbons (Fsp3) is 0.333. The van der Waals surface area contributed by atoms with Crippen molar-refractivity contribution in [3.8, 4) is 0 Å². The second kappa shape index (κ2) is 5.43. The molecule has 0 rings (SSSR count). The summed E-state index contributed by atoms with van der Waals surface area (Å²) in [7, 11) is 0. The molecule has 0 aromatic rings. The molecule has 5 nitrogen and oxygen atoms in total. The van der Waals surface area contributed by atoms with Crippen molar-refractivity contribution in [2.24, 2.45) is 0 Å². The summed E-state index contributed by atoms with van der Waals surface area (Å²) < 4.78 is 0. The topological polar surface area (TPSA) is 75.6 Å². The number of hydrogen-bond acceptors (Lipinski definition) is 4. The molecule has 0 aliphatic carbocycles. The van der Waals surface area contributed by atoms with Crippen molar-refractivity contribution in [3.05, 3.63) is 12.2 Å². The van der Waals surface area contributed by atoms with E-state index < -0.39 is 18.5 Å². The number of aliphatic hydroxyl groups excluding tert-OH is 1. The van der Waals surface area contributed by atoms with E-state index in [0.29, 0.717) is 0 Å². The molecule has 0 aliphatic heterocycles. The smallest absolute Gasteiger partial charge is 0.357 e. The predicted octanol–water partition coefficient (Wildman–Crippen LogP) is -0.871. The molecule has 0 unspecified atom stereocenters. The molecule has 0 atom stereocenters. The number of amides is 1. The van der Waals surface area contributed by atoms with Crippen LogP contribution in [-0.2, 0) is 14.4 Å². The number of hydrogen-bond donors (Lipinski definition) is 2. The Labute approximate surface area is 63.6 Å². The SMILES string of the molecule is CC=CC(=O)NOC(=O)CO. The van der Waals surface area contributed by atoms with Gasteiger partial charge in [-0.1, -0.05) is 6.08 Å². The van der Waals surface area contributed by atoms with Gasteiger partial charge in [0, 0.05) is 6.08 Å². The summed E-state index contributed by atoms with van der Waals surface area (Å²) in [6, 6.07) is 0. The van der Waals surface area contributed by atoms with Gasteiger partial charge in [-0.05, 0) is 6.92 Å². The Bertz CT molecular complexity index is 175. The fourth-order valence-corrected chi connectivity index (χ4v) is 0.325. The van der Waals surface area contributed by atoms with E-state index in [4.69, 9.17) is 5.11 Å². The zero-order valence-electron chi connectivity index (χ0n) is 6.03. The van der Waals surface area contributed by atoms with Crippen LogP contribution in [0.5, 0.6) is 0 Å². The number of nitrogens with one attached hydrogen (secondary N) is 1. The maximum atomic E-state index is 10.5. The lowest BCUT2D eigenvalue weighted by Gasteiger charge is -1.99. The second-order valence-corrected chi connectivity index (χ2v) is 1.60. The minimum Gasteiger partial charge on any atom is -0.385 e. The third-order valence-electron chi connectivity index (χ3n) is 0.713. The van der Waals surface area contributed by atoms with Gasteiger partial charge in [-0.25, -0.2) is 4.79 Å². The van der Waals surface area contributed by atoms with Gasteiger partial charge in [-0.3, -0.25) is 4.79 Å². The number of carbonyl (C=O) groups excluding carboxylic acids is 2. The highest BCUT2D eigenvalue weighted by atomic mass is 16.7. The highest BCUT2D eigenvalue weighted by Crippen LogP contribution is 1.74. The molecule has 0 aromatic carbocycles. The van der Waals surface area contributed by atoms with E-state index in [0.717, 1.165) is 0 Å². The molecule has 0 aliphatic rings. The van der Waals surface area contributed by atoms with Crippen LogP contribution in [0.3, 0.4) is 0 Å². The van der Waals surface area contributed by atoms with Crippen LogP contribution in [0.1, 0.15) is 6.92 Å². The average Bonchev–Trinajstić information content (AvgIpc) is 2.01. The Morgan fingerprint density at radius 3 is 2.73 bits per heavy atom. The van der Waals surface area contributed by atoms with Crippen LogP contribution in [0.2, 0.25) is 0 Å². The third kappa shape index (κ3) is 5.10. The molecule has 0 fully saturated rings. The summed E-state index contributed by atoms with van der Waals surface area (Å²) in [5.41, 5.74) is 1.80. The van der Waals surface area contributed by atoms with Crippen molar-refractivity contribution in [2.45, 2.75) is 6.92 Å². The molecule has 2 N–H and O–H groups in total. The maximum absolute atomic E-state index is 10.5. The van der Waals surface area contributed by atoms with Crippen LogP contribution < -0.4 is 5.48 Å². The summed E-state index contributed by atoms with van der Waals surface area (Å²) in [5.74, 6) is -1.45. The van der Waals surface area contributed by atoms with Crippen LogP contribution in [0, 0.1) is 0 Å². The molecule has 0 spiro atoms. The molecule has 0 saturated carbocycles. The Morgan fingerprint density at radius 2 is 2.27 bits per heavy atom. The molecule has 0 aromatic heterocycles. The molecule has 11 heavy (non-hydrogen) atoms. The van der Waals surface area contributed by atoms with Crippen molar-refractivity contribution in [2.75, 3.05) is 6.61 Å². The van der Waals surface area contributed by atoms with E-state index in [2.05, 4.69) is 4.84 Å². The van der Waals surface area contributed by atoms with E-state index in [9.17, 15) is 9.59 Å². The van der Waals surface area contributed by atoms with Gasteiger partial charge in [0.15, 0.2) is 0 Å². The fourth-order valence-electron chi connectivity index (χ4n) is 0.325. The normalized spacial score (nSPS) is 9.64. The number of carbonyl (C=O) groups is 2. The van der Waals surface area contributed by atoms with Crippen LogP contribution in [0.4, 0.5) is 0 Å². The number of aliphatic hydroxyl groups is 1. The summed E-state index contributed by atoms with van der Waals surface area (Å²) in [4.78, 5) is 24.8. The van der Waals surface area contributed by atoms with Crippen molar-refractivity contribution in [1.82, 2.24) is 5.48 Å². The Balaban J connectivity index is 3.54. The van der Waals surface area contributed by atoms with E-state index in [1.807, 2.05) is 0 Å². The summed E-state index contributed by atoms with van der Waals surface area (Å²) in [6.07, 6.45) is 2.67. The standard InChI is InChI=1S/C6H9NO4/c1-2-3-5(9)7-11-6(10)4-8/h2-3,8H,4H2,1H3,(H,7,9). The lowest BCUT2D eigenvalue weighted by Crippen LogP contribution is -2.26. The van der Waals surface area contributed by atoms with Gasteiger partial charge in [-0.2, -0.15) is 5.48 Å². The first kappa shape index (κ1) is 9.64. The maximum Gasteiger partial charge on any atom is 0.357 e. The summed E-state index contributed by atoms with van der Waals surface area (Å²) in [5, 5.41) is 8.13. The Hall–Kier alpha value is -1.36. The largest absolute Gasteiger partial charge is 0.385 e. The van der Waals surface area contributed by atoms with Gasteiger partial charge in [0.25, 0.3) is 5.91 Å². The molecule has 0 saturated heterocycles. The van der Waals surface area contributed by atoms with Crippen molar-refractivity contribution < 1.29 is 19.5 Å². The molecular formula is C6H9NO4. The molecule has 0 heterocycles. The van der Waals surface area contributed by atoms with Gasteiger partial charge in [0.1, 0.15) is 6.61 Å². The minimum absolute atomic E-state index is 0.547. The minimum atomic E-state index is -0.900. The zero-order valence-corrected chi connectivity index (χ0v) is 6.03. The van der Waals surface area contributed by atoms with Crippen molar-refractivity contribution in [3.63, 3.8) is 0 Å². The summed E-state index contributed by atoms with van der Waals surface area (Å²) in [6.45, 7) is 0.892. The lowest BCUT2D eigenvalue weighted by molar-refractivity contribution is -0.159. The van der Waals surface area contributed by atoms with Gasteiger partial charge in [0.05, 0.1) is 0 Å². The van der Waals surface area contributed by atoms with Crippen LogP contribution in [0.15, 0.2) is 12.2 Å². The molecule has 0 radical (unpaired) electrons. The van der Waals surface area contributed by atoms with Crippen LogP contribution >= 0.6 is 0 Å². The Morgan fingerprint density at radius 1 is 1.64 bits per heavy atom. The van der Waals surface area contributed by atoms with Gasteiger partial charge in [0.2, 0.25) is 0 Å². The quantitative estimate of drug-likeness (QED) is 0.405. The first-order valence-corrected chi connectivity index (χ1v) is 2.94. The van der Waals surface area contributed by atoms with E-state index >= 15 is 0 Å². The highest BCUT2D eigenvalue weighted by molar-refractivity contribution is 5.87.